The molecule has 0 aliphatic heterocycles. The summed E-state index contributed by atoms with van der Waals surface area (Å²) in [5.74, 6) is 0.0146. The Kier molecular flexibility index (Phi) is 13.0. The van der Waals surface area contributed by atoms with Crippen molar-refractivity contribution >= 4 is 23.6 Å². The monoisotopic (exact) mass is 408 g/mol. The Morgan fingerprint density at radius 1 is 1.24 bits per heavy atom. The summed E-state index contributed by atoms with van der Waals surface area (Å²) in [6.45, 7) is 9.72. The standard InChI is InChI=1S/C14H21NO2.C7H11NO4/c1-5-11-7-9(3)8-12(6-2)13(11)15-10(4)14(16)17;1-2-11-7(3-4-9)12-6(10)5-8/h7-8,10,15H,5-6H2,1-4H3,(H,16,17);3,7H,2,5,8H2,1H3/t10-;/m0./s1. The molecule has 8 nitrogen and oxygen atoms in total. The van der Waals surface area contributed by atoms with Crippen LogP contribution in [-0.4, -0.2) is 48.5 Å². The zero-order valence-electron chi connectivity index (χ0n) is 17.8. The van der Waals surface area contributed by atoms with Gasteiger partial charge in [-0.25, -0.2) is 4.79 Å². The number of aryl methyl sites for hydroxylation is 3. The van der Waals surface area contributed by atoms with Gasteiger partial charge >= 0.3 is 11.9 Å². The molecule has 29 heavy (non-hydrogen) atoms. The van der Waals surface area contributed by atoms with E-state index in [1.54, 1.807) is 13.8 Å². The molecule has 0 aliphatic rings. The van der Waals surface area contributed by atoms with Gasteiger partial charge in [-0.2, -0.15) is 0 Å². The second-order valence-electron chi connectivity index (χ2n) is 6.17. The third-order valence-corrected chi connectivity index (χ3v) is 3.89. The van der Waals surface area contributed by atoms with E-state index >= 15 is 0 Å². The van der Waals surface area contributed by atoms with Crippen LogP contribution in [0.15, 0.2) is 18.2 Å². The first-order chi connectivity index (χ1) is 13.7. The van der Waals surface area contributed by atoms with Gasteiger partial charge in [0.1, 0.15) is 12.0 Å². The maximum absolute atomic E-state index is 10.9. The zero-order valence-corrected chi connectivity index (χ0v) is 17.8. The van der Waals surface area contributed by atoms with Crippen LogP contribution in [0, 0.1) is 6.92 Å². The van der Waals surface area contributed by atoms with E-state index in [1.165, 1.54) is 22.6 Å². The highest BCUT2D eigenvalue weighted by molar-refractivity contribution is 5.78. The van der Waals surface area contributed by atoms with Gasteiger partial charge in [0.2, 0.25) is 6.29 Å². The molecule has 0 aliphatic carbocycles. The number of carboxylic acid groups (broad SMARTS) is 1. The average Bonchev–Trinajstić information content (AvgIpc) is 2.69. The molecule has 0 aromatic heterocycles. The molecule has 162 valence electrons. The maximum Gasteiger partial charge on any atom is 0.325 e. The van der Waals surface area contributed by atoms with Gasteiger partial charge < -0.3 is 25.6 Å². The summed E-state index contributed by atoms with van der Waals surface area (Å²) in [6.07, 6.45) is 1.81. The van der Waals surface area contributed by atoms with E-state index in [0.29, 0.717) is 6.61 Å². The molecular weight excluding hydrogens is 376 g/mol. The summed E-state index contributed by atoms with van der Waals surface area (Å²) in [5.41, 5.74) is 9.57. The van der Waals surface area contributed by atoms with Crippen LogP contribution in [0.1, 0.15) is 44.4 Å². The number of carbonyl (C=O) groups excluding carboxylic acids is 2. The number of hydrogen-bond donors (Lipinski definition) is 3. The number of nitrogens with one attached hydrogen (secondary N) is 1. The molecular formula is C21H32N2O6. The molecule has 0 bridgehead atoms. The largest absolute Gasteiger partial charge is 0.480 e. The lowest BCUT2D eigenvalue weighted by Crippen LogP contribution is -2.26. The van der Waals surface area contributed by atoms with Crippen molar-refractivity contribution in [1.82, 2.24) is 0 Å². The number of rotatable bonds is 10. The number of esters is 1. The Hall–Kier alpha value is -2.67. The third-order valence-electron chi connectivity index (χ3n) is 3.89. The molecule has 0 fully saturated rings. The van der Waals surface area contributed by atoms with Crippen molar-refractivity contribution in [3.63, 3.8) is 0 Å². The lowest BCUT2D eigenvalue weighted by atomic mass is 9.99. The molecule has 0 saturated carbocycles. The smallest absolute Gasteiger partial charge is 0.325 e. The van der Waals surface area contributed by atoms with Crippen LogP contribution < -0.4 is 11.1 Å². The number of ether oxygens (including phenoxy) is 2. The molecule has 2 atom stereocenters. The number of hydrogen-bond acceptors (Lipinski definition) is 7. The van der Waals surface area contributed by atoms with Crippen molar-refractivity contribution < 1.29 is 29.0 Å². The molecule has 1 aromatic carbocycles. The lowest BCUT2D eigenvalue weighted by molar-refractivity contribution is -0.166. The van der Waals surface area contributed by atoms with Crippen molar-refractivity contribution in [3.05, 3.63) is 34.9 Å². The summed E-state index contributed by atoms with van der Waals surface area (Å²) in [7, 11) is 0. The molecule has 0 radical (unpaired) electrons. The summed E-state index contributed by atoms with van der Waals surface area (Å²) in [4.78, 5) is 31.4. The van der Waals surface area contributed by atoms with E-state index in [9.17, 15) is 14.4 Å². The van der Waals surface area contributed by atoms with Crippen molar-refractivity contribution in [1.29, 1.82) is 0 Å². The number of nitrogens with two attached hydrogens (primary N) is 1. The molecule has 1 rings (SSSR count). The Labute approximate surface area is 172 Å². The number of carbonyl (C=O) groups is 2. The number of anilines is 1. The Bertz CT molecular complexity index is 688. The van der Waals surface area contributed by atoms with E-state index in [0.717, 1.165) is 24.6 Å². The number of benzene rings is 1. The van der Waals surface area contributed by atoms with Crippen LogP contribution in [0.4, 0.5) is 5.69 Å². The molecule has 1 aromatic rings. The minimum Gasteiger partial charge on any atom is -0.480 e. The highest BCUT2D eigenvalue weighted by atomic mass is 16.7. The number of aliphatic carboxylic acids is 1. The second kappa shape index (κ2) is 14.3. The van der Waals surface area contributed by atoms with Crippen molar-refractivity contribution in [3.8, 4) is 0 Å². The van der Waals surface area contributed by atoms with Crippen molar-refractivity contribution in [2.45, 2.75) is 59.8 Å². The Balaban J connectivity index is 0.000000578. The van der Waals surface area contributed by atoms with Crippen LogP contribution >= 0.6 is 0 Å². The highest BCUT2D eigenvalue weighted by Crippen LogP contribution is 2.25. The van der Waals surface area contributed by atoms with Crippen LogP contribution in [0.3, 0.4) is 0 Å². The first-order valence-corrected chi connectivity index (χ1v) is 9.57. The quantitative estimate of drug-likeness (QED) is 0.305. The fraction of sp³-hybridized carbons (Fsp3) is 0.524. The van der Waals surface area contributed by atoms with Gasteiger partial charge in [0.05, 0.1) is 12.6 Å². The minimum absolute atomic E-state index is 0.240. The highest BCUT2D eigenvalue weighted by Gasteiger charge is 2.15. The van der Waals surface area contributed by atoms with Crippen molar-refractivity contribution in [2.75, 3.05) is 18.5 Å². The van der Waals surface area contributed by atoms with Gasteiger partial charge in [-0.1, -0.05) is 31.5 Å². The molecule has 0 amide bonds. The summed E-state index contributed by atoms with van der Waals surface area (Å²) < 4.78 is 9.41. The van der Waals surface area contributed by atoms with Gasteiger partial charge in [-0.3, -0.25) is 9.59 Å². The van der Waals surface area contributed by atoms with E-state index in [-0.39, 0.29) is 6.54 Å². The average molecular weight is 408 g/mol. The van der Waals surface area contributed by atoms with Gasteiger partial charge in [0, 0.05) is 12.3 Å². The first-order valence-electron chi connectivity index (χ1n) is 9.57. The third kappa shape index (κ3) is 9.89. The Morgan fingerprint density at radius 3 is 2.17 bits per heavy atom. The van der Waals surface area contributed by atoms with Crippen LogP contribution in [0.25, 0.3) is 0 Å². The molecule has 8 heteroatoms. The van der Waals surface area contributed by atoms with Crippen molar-refractivity contribution in [2.24, 2.45) is 5.73 Å². The predicted octanol–water partition coefficient (Wildman–Crippen LogP) is 2.24. The first kappa shape index (κ1) is 26.3. The summed E-state index contributed by atoms with van der Waals surface area (Å²) >= 11 is 0. The van der Waals surface area contributed by atoms with Gasteiger partial charge in [0.15, 0.2) is 0 Å². The molecule has 0 heterocycles. The molecule has 0 saturated heterocycles. The van der Waals surface area contributed by atoms with E-state index in [1.807, 2.05) is 0 Å². The van der Waals surface area contributed by atoms with Crippen LogP contribution in [-0.2, 0) is 36.7 Å². The normalized spacial score (nSPS) is 11.9. The fourth-order valence-corrected chi connectivity index (χ4v) is 2.48. The minimum atomic E-state index is -0.969. The second-order valence-corrected chi connectivity index (χ2v) is 6.17. The fourth-order valence-electron chi connectivity index (χ4n) is 2.48. The Morgan fingerprint density at radius 2 is 1.79 bits per heavy atom. The molecule has 1 unspecified atom stereocenters. The zero-order chi connectivity index (χ0) is 22.4. The summed E-state index contributed by atoms with van der Waals surface area (Å²) in [6, 6.07) is 3.68. The van der Waals surface area contributed by atoms with Gasteiger partial charge in [-0.15, -0.1) is 0 Å². The van der Waals surface area contributed by atoms with E-state index in [2.05, 4.69) is 43.0 Å². The number of carboxylic acids is 1. The van der Waals surface area contributed by atoms with E-state index < -0.39 is 24.3 Å². The lowest BCUT2D eigenvalue weighted by Gasteiger charge is -2.19. The topological polar surface area (TPSA) is 128 Å². The van der Waals surface area contributed by atoms with E-state index in [4.69, 9.17) is 15.6 Å². The van der Waals surface area contributed by atoms with Gasteiger partial charge in [-0.05, 0) is 44.7 Å². The summed E-state index contributed by atoms with van der Waals surface area (Å²) in [5, 5.41) is 12.1. The maximum atomic E-state index is 10.9. The van der Waals surface area contributed by atoms with Gasteiger partial charge in [0.25, 0.3) is 0 Å². The predicted molar refractivity (Wildman–Crippen MR) is 111 cm³/mol. The van der Waals surface area contributed by atoms with Crippen LogP contribution in [0.2, 0.25) is 0 Å². The van der Waals surface area contributed by atoms with Crippen LogP contribution in [0.5, 0.6) is 0 Å². The molecule has 4 N–H and O–H groups in total. The SMILES string of the molecule is CCOC(C=C=O)OC(=O)CN.CCc1cc(C)cc(CC)c1N[C@@H](C)C(=O)O. The molecule has 0 spiro atoms.